The Hall–Kier alpha value is -0.930. The minimum atomic E-state index is -0.200. The molecule has 1 aromatic rings. The van der Waals surface area contributed by atoms with Crippen molar-refractivity contribution in [1.29, 1.82) is 0 Å². The van der Waals surface area contributed by atoms with Gasteiger partial charge in [-0.15, -0.1) is 0 Å². The molecule has 1 aliphatic rings. The maximum Gasteiger partial charge on any atom is 0.0527 e. The third kappa shape index (κ3) is 3.79. The molecule has 1 fully saturated rings. The monoisotopic (exact) mass is 234 g/mol. The van der Waals surface area contributed by atoms with E-state index in [9.17, 15) is 5.11 Å². The SMILES string of the molecule is CC(O)CC1CCCCN1Cc1cccnc1. The zero-order valence-electron chi connectivity index (χ0n) is 10.5. The van der Waals surface area contributed by atoms with E-state index in [0.717, 1.165) is 19.5 Å². The number of pyridine rings is 1. The van der Waals surface area contributed by atoms with Gasteiger partial charge >= 0.3 is 0 Å². The van der Waals surface area contributed by atoms with Crippen LogP contribution in [0.25, 0.3) is 0 Å². The van der Waals surface area contributed by atoms with Gasteiger partial charge in [-0.05, 0) is 44.4 Å². The summed E-state index contributed by atoms with van der Waals surface area (Å²) in [5.74, 6) is 0. The Balaban J connectivity index is 1.96. The van der Waals surface area contributed by atoms with Gasteiger partial charge in [0.05, 0.1) is 6.10 Å². The Morgan fingerprint density at radius 3 is 3.12 bits per heavy atom. The number of hydrogen-bond acceptors (Lipinski definition) is 3. The van der Waals surface area contributed by atoms with Crippen molar-refractivity contribution in [3.63, 3.8) is 0 Å². The molecule has 0 bridgehead atoms. The van der Waals surface area contributed by atoms with Crippen LogP contribution in [-0.2, 0) is 6.54 Å². The highest BCUT2D eigenvalue weighted by molar-refractivity contribution is 5.08. The van der Waals surface area contributed by atoms with Crippen molar-refractivity contribution in [2.45, 2.75) is 51.3 Å². The molecular formula is C14H22N2O. The maximum atomic E-state index is 9.55. The third-order valence-corrected chi connectivity index (χ3v) is 3.47. The van der Waals surface area contributed by atoms with Gasteiger partial charge < -0.3 is 5.11 Å². The molecule has 2 unspecified atom stereocenters. The molecule has 1 aliphatic heterocycles. The smallest absolute Gasteiger partial charge is 0.0527 e. The summed E-state index contributed by atoms with van der Waals surface area (Å²) in [5, 5.41) is 9.55. The Morgan fingerprint density at radius 1 is 1.53 bits per heavy atom. The van der Waals surface area contributed by atoms with Crippen molar-refractivity contribution < 1.29 is 5.11 Å². The largest absolute Gasteiger partial charge is 0.393 e. The summed E-state index contributed by atoms with van der Waals surface area (Å²) in [6.45, 7) is 3.99. The molecule has 17 heavy (non-hydrogen) atoms. The van der Waals surface area contributed by atoms with E-state index in [-0.39, 0.29) is 6.10 Å². The molecule has 1 saturated heterocycles. The summed E-state index contributed by atoms with van der Waals surface area (Å²) in [6, 6.07) is 4.65. The van der Waals surface area contributed by atoms with Crippen LogP contribution >= 0.6 is 0 Å². The number of nitrogens with zero attached hydrogens (tertiary/aromatic N) is 2. The first-order valence-electron chi connectivity index (χ1n) is 6.56. The van der Waals surface area contributed by atoms with Crippen LogP contribution in [0.5, 0.6) is 0 Å². The minimum Gasteiger partial charge on any atom is -0.393 e. The van der Waals surface area contributed by atoms with Gasteiger partial charge in [0.1, 0.15) is 0 Å². The van der Waals surface area contributed by atoms with E-state index in [4.69, 9.17) is 0 Å². The second kappa shape index (κ2) is 6.12. The minimum absolute atomic E-state index is 0.200. The van der Waals surface area contributed by atoms with Crippen molar-refractivity contribution in [3.8, 4) is 0 Å². The van der Waals surface area contributed by atoms with Gasteiger partial charge in [-0.1, -0.05) is 12.5 Å². The highest BCUT2D eigenvalue weighted by Gasteiger charge is 2.23. The van der Waals surface area contributed by atoms with E-state index in [1.54, 1.807) is 0 Å². The van der Waals surface area contributed by atoms with Crippen molar-refractivity contribution >= 4 is 0 Å². The maximum absolute atomic E-state index is 9.55. The molecule has 0 aliphatic carbocycles. The molecule has 0 amide bonds. The molecule has 1 N–H and O–H groups in total. The zero-order valence-corrected chi connectivity index (χ0v) is 10.5. The molecule has 0 aromatic carbocycles. The van der Waals surface area contributed by atoms with Crippen LogP contribution in [0.4, 0.5) is 0 Å². The number of aromatic nitrogens is 1. The quantitative estimate of drug-likeness (QED) is 0.867. The molecule has 2 atom stereocenters. The molecule has 0 saturated carbocycles. The van der Waals surface area contributed by atoms with Gasteiger partial charge in [-0.25, -0.2) is 0 Å². The lowest BCUT2D eigenvalue weighted by atomic mass is 9.97. The van der Waals surface area contributed by atoms with Gasteiger partial charge in [0, 0.05) is 25.0 Å². The Labute approximate surface area is 103 Å². The number of hydrogen-bond donors (Lipinski definition) is 1. The van der Waals surface area contributed by atoms with Crippen LogP contribution in [-0.4, -0.2) is 33.7 Å². The van der Waals surface area contributed by atoms with E-state index in [1.807, 2.05) is 25.4 Å². The van der Waals surface area contributed by atoms with Gasteiger partial charge in [-0.3, -0.25) is 9.88 Å². The molecule has 2 heterocycles. The van der Waals surface area contributed by atoms with Crippen molar-refractivity contribution in [2.75, 3.05) is 6.54 Å². The number of aliphatic hydroxyl groups is 1. The number of rotatable bonds is 4. The molecule has 0 spiro atoms. The third-order valence-electron chi connectivity index (χ3n) is 3.47. The fraction of sp³-hybridized carbons (Fsp3) is 0.643. The number of piperidine rings is 1. The summed E-state index contributed by atoms with van der Waals surface area (Å²) in [5.41, 5.74) is 1.27. The summed E-state index contributed by atoms with van der Waals surface area (Å²) < 4.78 is 0. The molecule has 3 nitrogen and oxygen atoms in total. The molecule has 1 aromatic heterocycles. The van der Waals surface area contributed by atoms with Crippen LogP contribution in [0.1, 0.15) is 38.2 Å². The average molecular weight is 234 g/mol. The van der Waals surface area contributed by atoms with Crippen LogP contribution < -0.4 is 0 Å². The van der Waals surface area contributed by atoms with E-state index in [0.29, 0.717) is 6.04 Å². The first-order valence-corrected chi connectivity index (χ1v) is 6.56. The second-order valence-electron chi connectivity index (χ2n) is 5.07. The van der Waals surface area contributed by atoms with Crippen molar-refractivity contribution in [2.24, 2.45) is 0 Å². The molecular weight excluding hydrogens is 212 g/mol. The Morgan fingerprint density at radius 2 is 2.41 bits per heavy atom. The lowest BCUT2D eigenvalue weighted by Gasteiger charge is -2.36. The highest BCUT2D eigenvalue weighted by Crippen LogP contribution is 2.22. The topological polar surface area (TPSA) is 36.4 Å². The summed E-state index contributed by atoms with van der Waals surface area (Å²) >= 11 is 0. The van der Waals surface area contributed by atoms with E-state index >= 15 is 0 Å². The zero-order chi connectivity index (χ0) is 12.1. The molecule has 94 valence electrons. The standard InChI is InChI=1S/C14H22N2O/c1-12(17)9-14-6-2-3-8-16(14)11-13-5-4-7-15-10-13/h4-5,7,10,12,14,17H,2-3,6,8-9,11H2,1H3. The normalized spacial score (nSPS) is 23.5. The van der Waals surface area contributed by atoms with Crippen LogP contribution in [0.3, 0.4) is 0 Å². The molecule has 0 radical (unpaired) electrons. The molecule has 3 heteroatoms. The van der Waals surface area contributed by atoms with Gasteiger partial charge in [0.25, 0.3) is 0 Å². The fourth-order valence-electron chi connectivity index (χ4n) is 2.65. The first kappa shape index (κ1) is 12.5. The lowest BCUT2D eigenvalue weighted by Crippen LogP contribution is -2.40. The number of likely N-dealkylation sites (tertiary alicyclic amines) is 1. The van der Waals surface area contributed by atoms with E-state index in [2.05, 4.69) is 16.0 Å². The summed E-state index contributed by atoms with van der Waals surface area (Å²) in [7, 11) is 0. The van der Waals surface area contributed by atoms with Crippen LogP contribution in [0.2, 0.25) is 0 Å². The first-order chi connectivity index (χ1) is 8.25. The van der Waals surface area contributed by atoms with Crippen molar-refractivity contribution in [3.05, 3.63) is 30.1 Å². The highest BCUT2D eigenvalue weighted by atomic mass is 16.3. The summed E-state index contributed by atoms with van der Waals surface area (Å²) in [6.07, 6.45) is 8.22. The second-order valence-corrected chi connectivity index (χ2v) is 5.07. The van der Waals surface area contributed by atoms with Gasteiger partial charge in [-0.2, -0.15) is 0 Å². The number of aliphatic hydroxyl groups excluding tert-OH is 1. The van der Waals surface area contributed by atoms with Gasteiger partial charge in [0.2, 0.25) is 0 Å². The van der Waals surface area contributed by atoms with Crippen LogP contribution in [0, 0.1) is 0 Å². The Bertz CT molecular complexity index is 326. The predicted molar refractivity (Wildman–Crippen MR) is 68.6 cm³/mol. The van der Waals surface area contributed by atoms with E-state index < -0.39 is 0 Å². The van der Waals surface area contributed by atoms with Crippen LogP contribution in [0.15, 0.2) is 24.5 Å². The summed E-state index contributed by atoms with van der Waals surface area (Å²) in [4.78, 5) is 6.65. The predicted octanol–water partition coefficient (Wildman–Crippen LogP) is 2.21. The lowest BCUT2D eigenvalue weighted by molar-refractivity contribution is 0.0817. The van der Waals surface area contributed by atoms with Crippen molar-refractivity contribution in [1.82, 2.24) is 9.88 Å². The Kier molecular flexibility index (Phi) is 4.51. The fourth-order valence-corrected chi connectivity index (χ4v) is 2.65. The van der Waals surface area contributed by atoms with Gasteiger partial charge in [0.15, 0.2) is 0 Å². The molecule has 2 rings (SSSR count). The average Bonchev–Trinajstić information content (AvgIpc) is 2.32. The van der Waals surface area contributed by atoms with E-state index in [1.165, 1.54) is 24.8 Å².